The highest BCUT2D eigenvalue weighted by molar-refractivity contribution is 5.18. The van der Waals surface area contributed by atoms with Crippen LogP contribution in [0.1, 0.15) is 24.1 Å². The zero-order chi connectivity index (χ0) is 12.8. The molecule has 4 heteroatoms. The minimum absolute atomic E-state index is 0.120. The molecule has 2 aromatic rings. The van der Waals surface area contributed by atoms with Crippen molar-refractivity contribution >= 4 is 0 Å². The van der Waals surface area contributed by atoms with Crippen molar-refractivity contribution in [1.82, 2.24) is 15.1 Å². The number of hydrogen-bond acceptors (Lipinski definition) is 3. The number of rotatable bonds is 6. The molecule has 2 N–H and O–H groups in total. The number of nitrogens with one attached hydrogen (secondary N) is 1. The van der Waals surface area contributed by atoms with E-state index in [0.717, 1.165) is 12.1 Å². The molecule has 0 spiro atoms. The predicted octanol–water partition coefficient (Wildman–Crippen LogP) is 1.73. The lowest BCUT2D eigenvalue weighted by Gasteiger charge is -2.13. The van der Waals surface area contributed by atoms with Gasteiger partial charge in [0.15, 0.2) is 0 Å². The Labute approximate surface area is 107 Å². The number of aliphatic hydroxyl groups is 1. The normalized spacial score (nSPS) is 12.6. The quantitative estimate of drug-likeness (QED) is 0.815. The monoisotopic (exact) mass is 245 g/mol. The molecule has 0 aliphatic heterocycles. The van der Waals surface area contributed by atoms with Crippen molar-refractivity contribution in [3.63, 3.8) is 0 Å². The van der Waals surface area contributed by atoms with Crippen LogP contribution in [0.15, 0.2) is 42.7 Å². The minimum Gasteiger partial charge on any atom is -0.394 e. The van der Waals surface area contributed by atoms with Crippen LogP contribution in [-0.2, 0) is 13.1 Å². The molecule has 0 fully saturated rings. The topological polar surface area (TPSA) is 50.1 Å². The molecule has 0 unspecified atom stereocenters. The molecule has 0 saturated heterocycles. The van der Waals surface area contributed by atoms with Gasteiger partial charge in [0.1, 0.15) is 0 Å². The summed E-state index contributed by atoms with van der Waals surface area (Å²) >= 11 is 0. The van der Waals surface area contributed by atoms with Crippen LogP contribution in [-0.4, -0.2) is 21.5 Å². The van der Waals surface area contributed by atoms with Crippen LogP contribution in [0.5, 0.6) is 0 Å². The first-order valence-corrected chi connectivity index (χ1v) is 6.20. The third-order valence-corrected chi connectivity index (χ3v) is 2.93. The molecule has 1 heterocycles. The van der Waals surface area contributed by atoms with E-state index in [9.17, 15) is 0 Å². The van der Waals surface area contributed by atoms with Crippen molar-refractivity contribution in [2.45, 2.75) is 26.1 Å². The molecule has 0 aliphatic carbocycles. The molecule has 0 radical (unpaired) electrons. The molecular formula is C14H19N3O. The van der Waals surface area contributed by atoms with Gasteiger partial charge in [-0.3, -0.25) is 4.68 Å². The second-order valence-corrected chi connectivity index (χ2v) is 4.35. The molecular weight excluding hydrogens is 226 g/mol. The molecule has 96 valence electrons. The molecule has 2 rings (SSSR count). The largest absolute Gasteiger partial charge is 0.394 e. The van der Waals surface area contributed by atoms with Gasteiger partial charge in [-0.2, -0.15) is 5.10 Å². The first-order valence-electron chi connectivity index (χ1n) is 6.20. The van der Waals surface area contributed by atoms with Gasteiger partial charge >= 0.3 is 0 Å². The van der Waals surface area contributed by atoms with Crippen molar-refractivity contribution in [1.29, 1.82) is 0 Å². The highest BCUT2D eigenvalue weighted by Gasteiger charge is 2.04. The van der Waals surface area contributed by atoms with E-state index in [1.807, 2.05) is 30.6 Å². The first kappa shape index (κ1) is 12.8. The summed E-state index contributed by atoms with van der Waals surface area (Å²) in [4.78, 5) is 0. The molecule has 0 amide bonds. The fourth-order valence-corrected chi connectivity index (χ4v) is 1.85. The summed E-state index contributed by atoms with van der Waals surface area (Å²) in [6, 6.07) is 10.7. The van der Waals surface area contributed by atoms with Crippen molar-refractivity contribution in [3.05, 3.63) is 53.9 Å². The van der Waals surface area contributed by atoms with E-state index in [4.69, 9.17) is 5.11 Å². The molecule has 1 aromatic heterocycles. The summed E-state index contributed by atoms with van der Waals surface area (Å²) in [7, 11) is 0. The van der Waals surface area contributed by atoms with Crippen LogP contribution < -0.4 is 5.32 Å². The van der Waals surface area contributed by atoms with Gasteiger partial charge in [0.05, 0.1) is 19.3 Å². The maximum Gasteiger partial charge on any atom is 0.0640 e. The molecule has 0 aliphatic rings. The van der Waals surface area contributed by atoms with Gasteiger partial charge in [-0.05, 0) is 12.5 Å². The Morgan fingerprint density at radius 2 is 2.11 bits per heavy atom. The fourth-order valence-electron chi connectivity index (χ4n) is 1.85. The average molecular weight is 245 g/mol. The van der Waals surface area contributed by atoms with Crippen LogP contribution in [0.4, 0.5) is 0 Å². The second-order valence-electron chi connectivity index (χ2n) is 4.35. The second kappa shape index (κ2) is 6.33. The minimum atomic E-state index is 0.120. The molecule has 18 heavy (non-hydrogen) atoms. The lowest BCUT2D eigenvalue weighted by molar-refractivity contribution is 0.269. The van der Waals surface area contributed by atoms with E-state index >= 15 is 0 Å². The highest BCUT2D eigenvalue weighted by atomic mass is 16.3. The van der Waals surface area contributed by atoms with E-state index < -0.39 is 0 Å². The molecule has 0 saturated carbocycles. The van der Waals surface area contributed by atoms with Crippen molar-refractivity contribution in [2.75, 3.05) is 6.61 Å². The highest BCUT2D eigenvalue weighted by Crippen LogP contribution is 2.11. The van der Waals surface area contributed by atoms with E-state index in [0.29, 0.717) is 12.6 Å². The lowest BCUT2D eigenvalue weighted by Crippen LogP contribution is -2.17. The Hall–Kier alpha value is -1.65. The van der Waals surface area contributed by atoms with Crippen LogP contribution >= 0.6 is 0 Å². The van der Waals surface area contributed by atoms with Crippen LogP contribution in [0.25, 0.3) is 0 Å². The number of nitrogens with zero attached hydrogens (tertiary/aromatic N) is 2. The van der Waals surface area contributed by atoms with E-state index in [-0.39, 0.29) is 6.61 Å². The van der Waals surface area contributed by atoms with Crippen molar-refractivity contribution in [3.8, 4) is 0 Å². The summed E-state index contributed by atoms with van der Waals surface area (Å²) in [5.41, 5.74) is 2.41. The summed E-state index contributed by atoms with van der Waals surface area (Å²) in [5.74, 6) is 0. The molecule has 0 bridgehead atoms. The number of benzene rings is 1. The Morgan fingerprint density at radius 1 is 1.33 bits per heavy atom. The molecule has 1 aromatic carbocycles. The smallest absolute Gasteiger partial charge is 0.0640 e. The fraction of sp³-hybridized carbons (Fsp3) is 0.357. The van der Waals surface area contributed by atoms with E-state index in [1.165, 1.54) is 5.56 Å². The Morgan fingerprint density at radius 3 is 2.83 bits per heavy atom. The lowest BCUT2D eigenvalue weighted by atomic mass is 10.1. The number of aliphatic hydroxyl groups excluding tert-OH is 1. The van der Waals surface area contributed by atoms with Crippen molar-refractivity contribution in [2.24, 2.45) is 0 Å². The first-order chi connectivity index (χ1) is 8.79. The standard InChI is InChI=1S/C14H19N3O/c1-12(14-5-3-2-4-6-14)15-9-13-10-16-17(11-13)7-8-18/h2-6,10-12,15,18H,7-9H2,1H3/t12-/m0/s1. The van der Waals surface area contributed by atoms with Gasteiger partial charge in [-0.15, -0.1) is 0 Å². The van der Waals surface area contributed by atoms with Gasteiger partial charge in [-0.25, -0.2) is 0 Å². The van der Waals surface area contributed by atoms with Gasteiger partial charge in [0.2, 0.25) is 0 Å². The zero-order valence-corrected chi connectivity index (χ0v) is 10.6. The maximum absolute atomic E-state index is 8.82. The Balaban J connectivity index is 1.87. The summed E-state index contributed by atoms with van der Waals surface area (Å²) in [6.07, 6.45) is 3.79. The van der Waals surface area contributed by atoms with E-state index in [1.54, 1.807) is 4.68 Å². The van der Waals surface area contributed by atoms with E-state index in [2.05, 4.69) is 29.5 Å². The summed E-state index contributed by atoms with van der Waals surface area (Å²) in [6.45, 7) is 3.60. The van der Waals surface area contributed by atoms with Crippen molar-refractivity contribution < 1.29 is 5.11 Å². The average Bonchev–Trinajstić information content (AvgIpc) is 2.85. The molecule has 4 nitrogen and oxygen atoms in total. The van der Waals surface area contributed by atoms with Gasteiger partial charge in [0.25, 0.3) is 0 Å². The zero-order valence-electron chi connectivity index (χ0n) is 10.6. The summed E-state index contributed by atoms with van der Waals surface area (Å²) in [5, 5.41) is 16.4. The summed E-state index contributed by atoms with van der Waals surface area (Å²) < 4.78 is 1.75. The van der Waals surface area contributed by atoms with Crippen LogP contribution in [0, 0.1) is 0 Å². The third-order valence-electron chi connectivity index (χ3n) is 2.93. The maximum atomic E-state index is 8.82. The number of hydrogen-bond donors (Lipinski definition) is 2. The number of aromatic nitrogens is 2. The van der Waals surface area contributed by atoms with Gasteiger partial charge in [-0.1, -0.05) is 30.3 Å². The third kappa shape index (κ3) is 3.42. The van der Waals surface area contributed by atoms with Gasteiger partial charge in [0, 0.05) is 24.3 Å². The van der Waals surface area contributed by atoms with Crippen LogP contribution in [0.2, 0.25) is 0 Å². The molecule has 1 atom stereocenters. The van der Waals surface area contributed by atoms with Crippen LogP contribution in [0.3, 0.4) is 0 Å². The Kier molecular flexibility index (Phi) is 4.50. The predicted molar refractivity (Wildman–Crippen MR) is 71.0 cm³/mol. The SMILES string of the molecule is C[C@H](NCc1cnn(CCO)c1)c1ccccc1. The Bertz CT molecular complexity index is 467. The van der Waals surface area contributed by atoms with Gasteiger partial charge < -0.3 is 10.4 Å².